The summed E-state index contributed by atoms with van der Waals surface area (Å²) < 4.78 is 0. The highest BCUT2D eigenvalue weighted by molar-refractivity contribution is 5.79. The number of nitrogens with one attached hydrogen (secondary N) is 1. The van der Waals surface area contributed by atoms with Gasteiger partial charge in [-0.05, 0) is 45.6 Å². The Kier molecular flexibility index (Phi) is 4.05. The van der Waals surface area contributed by atoms with E-state index >= 15 is 0 Å². The van der Waals surface area contributed by atoms with Crippen molar-refractivity contribution >= 4 is 5.91 Å². The summed E-state index contributed by atoms with van der Waals surface area (Å²) in [7, 11) is 1.90. The van der Waals surface area contributed by atoms with E-state index < -0.39 is 0 Å². The van der Waals surface area contributed by atoms with Crippen LogP contribution < -0.4 is 5.32 Å². The first-order valence-corrected chi connectivity index (χ1v) is 6.79. The monoisotopic (exact) mass is 240 g/mol. The molecule has 4 nitrogen and oxygen atoms in total. The lowest BCUT2D eigenvalue weighted by Crippen LogP contribution is -2.50. The molecule has 0 aromatic rings. The molecule has 2 aliphatic rings. The molecular formula is C13H24N2O2. The van der Waals surface area contributed by atoms with Gasteiger partial charge in [-0.3, -0.25) is 4.79 Å². The van der Waals surface area contributed by atoms with Crippen LogP contribution in [-0.2, 0) is 4.79 Å². The van der Waals surface area contributed by atoms with Gasteiger partial charge in [0.05, 0.1) is 6.61 Å². The molecule has 0 atom stereocenters. The minimum atomic E-state index is -0.137. The van der Waals surface area contributed by atoms with Crippen LogP contribution in [0.2, 0.25) is 0 Å². The third kappa shape index (κ3) is 2.63. The van der Waals surface area contributed by atoms with Crippen molar-refractivity contribution in [2.75, 3.05) is 26.7 Å². The van der Waals surface area contributed by atoms with Gasteiger partial charge in [0.2, 0.25) is 5.91 Å². The zero-order valence-corrected chi connectivity index (χ0v) is 10.7. The van der Waals surface area contributed by atoms with Crippen molar-refractivity contribution in [1.82, 2.24) is 10.2 Å². The van der Waals surface area contributed by atoms with Crippen molar-refractivity contribution in [3.63, 3.8) is 0 Å². The van der Waals surface area contributed by atoms with Gasteiger partial charge in [-0.1, -0.05) is 0 Å². The van der Waals surface area contributed by atoms with Gasteiger partial charge in [-0.25, -0.2) is 0 Å². The fraction of sp³-hybridized carbons (Fsp3) is 0.923. The topological polar surface area (TPSA) is 52.6 Å². The maximum atomic E-state index is 12.2. The van der Waals surface area contributed by atoms with Gasteiger partial charge in [-0.15, -0.1) is 0 Å². The number of carbonyl (C=O) groups is 1. The first-order valence-electron chi connectivity index (χ1n) is 6.79. The van der Waals surface area contributed by atoms with Crippen LogP contribution in [0.1, 0.15) is 38.5 Å². The third-order valence-corrected chi connectivity index (χ3v) is 4.54. The van der Waals surface area contributed by atoms with Crippen LogP contribution in [0, 0.1) is 5.92 Å². The summed E-state index contributed by atoms with van der Waals surface area (Å²) in [5, 5.41) is 12.6. The van der Waals surface area contributed by atoms with Crippen molar-refractivity contribution in [3.8, 4) is 0 Å². The summed E-state index contributed by atoms with van der Waals surface area (Å²) in [6.45, 7) is 2.08. The Bertz CT molecular complexity index is 261. The van der Waals surface area contributed by atoms with Gasteiger partial charge in [-0.2, -0.15) is 0 Å². The number of likely N-dealkylation sites (tertiary alicyclic amines) is 1. The van der Waals surface area contributed by atoms with Gasteiger partial charge in [0, 0.05) is 24.5 Å². The number of hydrogen-bond acceptors (Lipinski definition) is 3. The molecule has 1 saturated carbocycles. The Morgan fingerprint density at radius 1 is 1.35 bits per heavy atom. The van der Waals surface area contributed by atoms with Crippen LogP contribution in [0.3, 0.4) is 0 Å². The first-order chi connectivity index (χ1) is 8.21. The predicted octanol–water partition coefficient (Wildman–Crippen LogP) is 0.749. The maximum Gasteiger partial charge on any atom is 0.225 e. The van der Waals surface area contributed by atoms with Gasteiger partial charge in [0.1, 0.15) is 0 Å². The van der Waals surface area contributed by atoms with Crippen LogP contribution in [0.4, 0.5) is 0 Å². The molecule has 0 unspecified atom stereocenters. The molecule has 0 bridgehead atoms. The number of hydrogen-bond donors (Lipinski definition) is 2. The summed E-state index contributed by atoms with van der Waals surface area (Å²) in [6.07, 6.45) is 5.97. The summed E-state index contributed by atoms with van der Waals surface area (Å²) in [5.74, 6) is 0.547. The molecule has 0 aromatic heterocycles. The van der Waals surface area contributed by atoms with E-state index in [-0.39, 0.29) is 18.1 Å². The highest BCUT2D eigenvalue weighted by Gasteiger charge is 2.37. The van der Waals surface area contributed by atoms with E-state index in [4.69, 9.17) is 0 Å². The number of amides is 1. The number of carbonyl (C=O) groups excluding carboxylic acids is 1. The van der Waals surface area contributed by atoms with E-state index in [9.17, 15) is 9.90 Å². The molecule has 1 aliphatic carbocycles. The lowest BCUT2D eigenvalue weighted by atomic mass is 9.76. The zero-order valence-electron chi connectivity index (χ0n) is 10.7. The second-order valence-corrected chi connectivity index (χ2v) is 5.50. The van der Waals surface area contributed by atoms with E-state index in [1.165, 1.54) is 0 Å². The number of aliphatic hydroxyl groups excluding tert-OH is 1. The maximum absolute atomic E-state index is 12.2. The summed E-state index contributed by atoms with van der Waals surface area (Å²) >= 11 is 0. The predicted molar refractivity (Wildman–Crippen MR) is 66.6 cm³/mol. The Hall–Kier alpha value is -0.610. The molecule has 2 rings (SSSR count). The van der Waals surface area contributed by atoms with Gasteiger partial charge < -0.3 is 15.3 Å². The molecule has 98 valence electrons. The summed E-state index contributed by atoms with van der Waals surface area (Å²) in [5.41, 5.74) is -0.137. The lowest BCUT2D eigenvalue weighted by molar-refractivity contribution is -0.136. The fourth-order valence-corrected chi connectivity index (χ4v) is 3.10. The van der Waals surface area contributed by atoms with Crippen molar-refractivity contribution in [1.29, 1.82) is 0 Å². The average molecular weight is 240 g/mol. The van der Waals surface area contributed by atoms with Crippen LogP contribution in [-0.4, -0.2) is 48.2 Å². The normalized spacial score (nSPS) is 34.0. The molecule has 1 saturated heterocycles. The number of nitrogens with zero attached hydrogens (tertiary/aromatic N) is 1. The molecule has 17 heavy (non-hydrogen) atoms. The standard InChI is InChI=1S/C13H24N2O2/c1-14-13(10-16)6-4-11(5-7-13)12(17)15-8-2-3-9-15/h11,14,16H,2-10H2,1H3. The van der Waals surface area contributed by atoms with E-state index in [1.807, 2.05) is 11.9 Å². The second-order valence-electron chi connectivity index (χ2n) is 5.50. The lowest BCUT2D eigenvalue weighted by Gasteiger charge is -2.39. The Balaban J connectivity index is 1.87. The Morgan fingerprint density at radius 2 is 1.94 bits per heavy atom. The first kappa shape index (κ1) is 12.8. The molecule has 1 amide bonds. The van der Waals surface area contributed by atoms with E-state index in [0.717, 1.165) is 51.6 Å². The molecule has 4 heteroatoms. The number of rotatable bonds is 3. The summed E-state index contributed by atoms with van der Waals surface area (Å²) in [6, 6.07) is 0. The smallest absolute Gasteiger partial charge is 0.225 e. The molecule has 1 heterocycles. The fourth-order valence-electron chi connectivity index (χ4n) is 3.10. The Labute approximate surface area is 103 Å². The highest BCUT2D eigenvalue weighted by Crippen LogP contribution is 2.33. The molecule has 2 fully saturated rings. The molecule has 0 spiro atoms. The minimum Gasteiger partial charge on any atom is -0.394 e. The molecular weight excluding hydrogens is 216 g/mol. The molecule has 0 aromatic carbocycles. The van der Waals surface area contributed by atoms with Gasteiger partial charge >= 0.3 is 0 Å². The number of aliphatic hydroxyl groups is 1. The zero-order chi connectivity index (χ0) is 12.3. The van der Waals surface area contributed by atoms with Crippen molar-refractivity contribution < 1.29 is 9.90 Å². The third-order valence-electron chi connectivity index (χ3n) is 4.54. The van der Waals surface area contributed by atoms with Gasteiger partial charge in [0.25, 0.3) is 0 Å². The minimum absolute atomic E-state index is 0.137. The quantitative estimate of drug-likeness (QED) is 0.765. The molecule has 2 N–H and O–H groups in total. The van der Waals surface area contributed by atoms with Crippen molar-refractivity contribution in [2.45, 2.75) is 44.1 Å². The van der Waals surface area contributed by atoms with Crippen LogP contribution in [0.5, 0.6) is 0 Å². The molecule has 1 aliphatic heterocycles. The van der Waals surface area contributed by atoms with Crippen LogP contribution in [0.25, 0.3) is 0 Å². The number of likely N-dealkylation sites (N-methyl/N-ethyl adjacent to an activating group) is 1. The average Bonchev–Trinajstić information content (AvgIpc) is 2.92. The largest absolute Gasteiger partial charge is 0.394 e. The Morgan fingerprint density at radius 3 is 2.41 bits per heavy atom. The van der Waals surface area contributed by atoms with Gasteiger partial charge in [0.15, 0.2) is 0 Å². The summed E-state index contributed by atoms with van der Waals surface area (Å²) in [4.78, 5) is 14.3. The van der Waals surface area contributed by atoms with Crippen LogP contribution in [0.15, 0.2) is 0 Å². The van der Waals surface area contributed by atoms with E-state index in [1.54, 1.807) is 0 Å². The highest BCUT2D eigenvalue weighted by atomic mass is 16.3. The second kappa shape index (κ2) is 5.36. The van der Waals surface area contributed by atoms with Crippen molar-refractivity contribution in [2.24, 2.45) is 5.92 Å². The van der Waals surface area contributed by atoms with Crippen LogP contribution >= 0.6 is 0 Å². The molecule has 0 radical (unpaired) electrons. The van der Waals surface area contributed by atoms with Crippen molar-refractivity contribution in [3.05, 3.63) is 0 Å². The van der Waals surface area contributed by atoms with E-state index in [2.05, 4.69) is 5.32 Å². The SMILES string of the molecule is CNC1(CO)CCC(C(=O)N2CCCC2)CC1. The van der Waals surface area contributed by atoms with E-state index in [0.29, 0.717) is 5.91 Å².